The molecule has 49 heavy (non-hydrogen) atoms. The van der Waals surface area contributed by atoms with Gasteiger partial charge < -0.3 is 20.4 Å². The van der Waals surface area contributed by atoms with E-state index < -0.39 is 11.6 Å². The SMILES string of the molecule is CC(=O)NCCCN(C(=O)Nc1c(C(C)C)cc(-c2cccc(OCCN3CCCCC3)c2)cc1C(C)C)c1cc2cccnc2[nH]c1=O. The second kappa shape index (κ2) is 16.6. The third-order valence-corrected chi connectivity index (χ3v) is 9.03. The molecule has 1 fully saturated rings. The summed E-state index contributed by atoms with van der Waals surface area (Å²) in [5, 5.41) is 6.71. The van der Waals surface area contributed by atoms with Crippen molar-refractivity contribution in [2.24, 2.45) is 0 Å². The number of carbonyl (C=O) groups excluding carboxylic acids is 2. The van der Waals surface area contributed by atoms with Gasteiger partial charge in [-0.2, -0.15) is 0 Å². The quantitative estimate of drug-likeness (QED) is 0.129. The molecule has 1 aliphatic rings. The molecule has 3 N–H and O–H groups in total. The average Bonchev–Trinajstić information content (AvgIpc) is 3.08. The lowest BCUT2D eigenvalue weighted by Crippen LogP contribution is -2.40. The van der Waals surface area contributed by atoms with E-state index in [2.05, 4.69) is 77.5 Å². The second-order valence-corrected chi connectivity index (χ2v) is 13.5. The van der Waals surface area contributed by atoms with E-state index in [-0.39, 0.29) is 30.0 Å². The van der Waals surface area contributed by atoms with Crippen LogP contribution in [0.5, 0.6) is 5.75 Å². The number of H-pyrrole nitrogens is 1. The number of nitrogens with zero attached hydrogens (tertiary/aromatic N) is 3. The fourth-order valence-electron chi connectivity index (χ4n) is 6.38. The Morgan fingerprint density at radius 1 is 0.959 bits per heavy atom. The molecule has 260 valence electrons. The summed E-state index contributed by atoms with van der Waals surface area (Å²) in [5.74, 6) is 0.887. The largest absolute Gasteiger partial charge is 0.492 e. The highest BCUT2D eigenvalue weighted by molar-refractivity contribution is 6.03. The number of piperidine rings is 1. The summed E-state index contributed by atoms with van der Waals surface area (Å²) < 4.78 is 6.20. The molecule has 1 saturated heterocycles. The zero-order valence-electron chi connectivity index (χ0n) is 29.5. The molecule has 0 bridgehead atoms. The highest BCUT2D eigenvalue weighted by atomic mass is 16.5. The van der Waals surface area contributed by atoms with Gasteiger partial charge in [0, 0.05) is 43.8 Å². The number of carbonyl (C=O) groups is 2. The van der Waals surface area contributed by atoms with Crippen molar-refractivity contribution in [3.63, 3.8) is 0 Å². The van der Waals surface area contributed by atoms with Crippen LogP contribution in [0.4, 0.5) is 16.2 Å². The van der Waals surface area contributed by atoms with Crippen molar-refractivity contribution in [1.29, 1.82) is 0 Å². The van der Waals surface area contributed by atoms with Gasteiger partial charge in [-0.25, -0.2) is 9.78 Å². The molecule has 3 heterocycles. The molecule has 0 saturated carbocycles. The van der Waals surface area contributed by atoms with Crippen molar-refractivity contribution in [1.82, 2.24) is 20.2 Å². The van der Waals surface area contributed by atoms with Crippen LogP contribution in [0.2, 0.25) is 0 Å². The summed E-state index contributed by atoms with van der Waals surface area (Å²) in [5.41, 5.74) is 5.10. The molecule has 0 spiro atoms. The first kappa shape index (κ1) is 35.6. The van der Waals surface area contributed by atoms with E-state index in [9.17, 15) is 14.4 Å². The normalized spacial score (nSPS) is 13.5. The van der Waals surface area contributed by atoms with Crippen LogP contribution < -0.4 is 25.8 Å². The highest BCUT2D eigenvalue weighted by Crippen LogP contribution is 2.38. The van der Waals surface area contributed by atoms with Crippen LogP contribution in [-0.4, -0.2) is 66.1 Å². The van der Waals surface area contributed by atoms with E-state index in [0.717, 1.165) is 53.3 Å². The maximum Gasteiger partial charge on any atom is 0.326 e. The van der Waals surface area contributed by atoms with E-state index in [1.165, 1.54) is 31.1 Å². The summed E-state index contributed by atoms with van der Waals surface area (Å²) in [6.45, 7) is 14.4. The molecular formula is C39H50N6O4. The third-order valence-electron chi connectivity index (χ3n) is 9.03. The Morgan fingerprint density at radius 3 is 2.39 bits per heavy atom. The monoisotopic (exact) mass is 666 g/mol. The molecule has 0 aliphatic carbocycles. The van der Waals surface area contributed by atoms with Crippen LogP contribution in [0.15, 0.2) is 65.6 Å². The molecule has 0 unspecified atom stereocenters. The lowest BCUT2D eigenvalue weighted by atomic mass is 9.88. The molecule has 5 rings (SSSR count). The van der Waals surface area contributed by atoms with Gasteiger partial charge in [0.25, 0.3) is 5.56 Å². The number of amides is 3. The van der Waals surface area contributed by atoms with E-state index >= 15 is 0 Å². The number of aromatic nitrogens is 2. The number of ether oxygens (including phenoxy) is 1. The van der Waals surface area contributed by atoms with E-state index in [4.69, 9.17) is 4.74 Å². The van der Waals surface area contributed by atoms with Crippen molar-refractivity contribution in [3.8, 4) is 16.9 Å². The van der Waals surface area contributed by atoms with E-state index in [1.807, 2.05) is 18.2 Å². The van der Waals surface area contributed by atoms with Gasteiger partial charge in [0.2, 0.25) is 5.91 Å². The van der Waals surface area contributed by atoms with Gasteiger partial charge in [-0.1, -0.05) is 46.2 Å². The minimum Gasteiger partial charge on any atom is -0.492 e. The Balaban J connectivity index is 1.44. The van der Waals surface area contributed by atoms with Crippen LogP contribution >= 0.6 is 0 Å². The Kier molecular flexibility index (Phi) is 12.1. The number of urea groups is 1. The fourth-order valence-corrected chi connectivity index (χ4v) is 6.38. The highest BCUT2D eigenvalue weighted by Gasteiger charge is 2.24. The number of likely N-dealkylation sites (tertiary alicyclic amines) is 1. The summed E-state index contributed by atoms with van der Waals surface area (Å²) in [6, 6.07) is 17.4. The number of pyridine rings is 2. The average molecular weight is 667 g/mol. The van der Waals surface area contributed by atoms with Gasteiger partial charge in [-0.3, -0.25) is 19.4 Å². The molecule has 10 nitrogen and oxygen atoms in total. The van der Waals surface area contributed by atoms with Gasteiger partial charge in [-0.15, -0.1) is 0 Å². The number of nitrogens with one attached hydrogen (secondary N) is 3. The van der Waals surface area contributed by atoms with Gasteiger partial charge in [0.15, 0.2) is 0 Å². The van der Waals surface area contributed by atoms with Crippen molar-refractivity contribution in [3.05, 3.63) is 82.3 Å². The van der Waals surface area contributed by atoms with Gasteiger partial charge >= 0.3 is 6.03 Å². The van der Waals surface area contributed by atoms with E-state index in [1.54, 1.807) is 18.3 Å². The molecule has 0 radical (unpaired) electrons. The van der Waals surface area contributed by atoms with Crippen molar-refractivity contribution >= 4 is 34.3 Å². The number of hydrogen-bond acceptors (Lipinski definition) is 6. The van der Waals surface area contributed by atoms with Crippen LogP contribution in [0.25, 0.3) is 22.2 Å². The molecule has 2 aromatic heterocycles. The van der Waals surface area contributed by atoms with Gasteiger partial charge in [0.05, 0.1) is 0 Å². The zero-order chi connectivity index (χ0) is 34.9. The first-order valence-electron chi connectivity index (χ1n) is 17.5. The molecule has 10 heteroatoms. The van der Waals surface area contributed by atoms with Crippen LogP contribution in [0.1, 0.15) is 83.3 Å². The molecule has 3 amide bonds. The number of hydrogen-bond donors (Lipinski definition) is 3. The summed E-state index contributed by atoms with van der Waals surface area (Å²) in [7, 11) is 0. The smallest absolute Gasteiger partial charge is 0.326 e. The first-order valence-corrected chi connectivity index (χ1v) is 17.5. The summed E-state index contributed by atoms with van der Waals surface area (Å²) in [4.78, 5) is 50.0. The topological polar surface area (TPSA) is 120 Å². The number of fused-ring (bicyclic) bond motifs is 1. The third kappa shape index (κ3) is 9.26. The molecular weight excluding hydrogens is 616 g/mol. The minimum atomic E-state index is -0.419. The number of rotatable bonds is 13. The first-order chi connectivity index (χ1) is 23.6. The Bertz CT molecular complexity index is 1780. The summed E-state index contributed by atoms with van der Waals surface area (Å²) >= 11 is 0. The van der Waals surface area contributed by atoms with Crippen molar-refractivity contribution < 1.29 is 14.3 Å². The fraction of sp³-hybridized carbons (Fsp3) is 0.436. The number of anilines is 2. The molecule has 4 aromatic rings. The molecule has 0 atom stereocenters. The maximum absolute atomic E-state index is 14.2. The standard InChI is InChI=1S/C39H50N6O4/c1-26(2)33-23-31(29-12-9-14-32(22-29)49-21-20-44-17-7-6-8-18-44)24-34(27(3)4)36(33)42-39(48)45(19-11-16-40-28(5)46)35-25-30-13-10-15-41-37(30)43-38(35)47/h9-10,12-15,22-27H,6-8,11,16-21H2,1-5H3,(H,40,46)(H,42,48)(H,41,43,47). The zero-order valence-corrected chi connectivity index (χ0v) is 29.5. The predicted octanol–water partition coefficient (Wildman–Crippen LogP) is 7.27. The van der Waals surface area contributed by atoms with Gasteiger partial charge in [-0.05, 0) is 109 Å². The van der Waals surface area contributed by atoms with Crippen LogP contribution in [-0.2, 0) is 4.79 Å². The Morgan fingerprint density at radius 2 is 1.69 bits per heavy atom. The predicted molar refractivity (Wildman–Crippen MR) is 198 cm³/mol. The number of aromatic amines is 1. The van der Waals surface area contributed by atoms with Crippen molar-refractivity contribution in [2.75, 3.05) is 49.5 Å². The Hall–Kier alpha value is -4.70. The van der Waals surface area contributed by atoms with Crippen LogP contribution in [0.3, 0.4) is 0 Å². The Labute approximate surface area is 289 Å². The molecule has 2 aromatic carbocycles. The lowest BCUT2D eigenvalue weighted by Gasteiger charge is -2.27. The number of benzene rings is 2. The van der Waals surface area contributed by atoms with Crippen LogP contribution in [0, 0.1) is 0 Å². The minimum absolute atomic E-state index is 0.0973. The lowest BCUT2D eigenvalue weighted by molar-refractivity contribution is -0.118. The van der Waals surface area contributed by atoms with Gasteiger partial charge in [0.1, 0.15) is 23.7 Å². The molecule has 1 aliphatic heterocycles. The second-order valence-electron chi connectivity index (χ2n) is 13.5. The summed E-state index contributed by atoms with van der Waals surface area (Å²) in [6.07, 6.45) is 5.91. The van der Waals surface area contributed by atoms with Crippen molar-refractivity contribution in [2.45, 2.75) is 72.1 Å². The maximum atomic E-state index is 14.2. The van der Waals surface area contributed by atoms with E-state index in [0.29, 0.717) is 30.6 Å².